The molecule has 0 radical (unpaired) electrons. The Bertz CT molecular complexity index is 1110. The predicted octanol–water partition coefficient (Wildman–Crippen LogP) is 4.25. The van der Waals surface area contributed by atoms with Crippen molar-refractivity contribution in [3.05, 3.63) is 83.3 Å². The molecule has 0 aliphatic carbocycles. The number of anilines is 3. The minimum atomic E-state index is -0.381. The highest BCUT2D eigenvalue weighted by Gasteiger charge is 2.24. The Labute approximate surface area is 167 Å². The van der Waals surface area contributed by atoms with Crippen LogP contribution in [0.4, 0.5) is 21.5 Å². The Morgan fingerprint density at radius 2 is 1.97 bits per heavy atom. The molecule has 7 heteroatoms. The third kappa shape index (κ3) is 4.08. The van der Waals surface area contributed by atoms with Crippen LogP contribution in [0.3, 0.4) is 0 Å². The van der Waals surface area contributed by atoms with Crippen LogP contribution in [-0.2, 0) is 11.3 Å². The minimum absolute atomic E-state index is 0.257. The van der Waals surface area contributed by atoms with Crippen molar-refractivity contribution in [3.63, 3.8) is 0 Å². The number of rotatable bonds is 5. The molecule has 29 heavy (non-hydrogen) atoms. The molecule has 6 nitrogen and oxygen atoms in total. The third-order valence-corrected chi connectivity index (χ3v) is 4.67. The van der Waals surface area contributed by atoms with Crippen LogP contribution >= 0.6 is 0 Å². The highest BCUT2D eigenvalue weighted by molar-refractivity contribution is 6.31. The molecule has 0 spiro atoms. The first-order valence-corrected chi connectivity index (χ1v) is 9.19. The lowest BCUT2D eigenvalue weighted by Gasteiger charge is -2.11. The first-order valence-electron chi connectivity index (χ1n) is 9.19. The fourth-order valence-electron chi connectivity index (χ4n) is 3.11. The van der Waals surface area contributed by atoms with Crippen LogP contribution in [0.1, 0.15) is 22.5 Å². The number of aromatic nitrogens is 2. The molecule has 1 aromatic heterocycles. The number of hydrogen-bond donors (Lipinski definition) is 3. The van der Waals surface area contributed by atoms with Gasteiger partial charge >= 0.3 is 0 Å². The first-order chi connectivity index (χ1) is 14.0. The zero-order valence-electron chi connectivity index (χ0n) is 16.1. The second-order valence-electron chi connectivity index (χ2n) is 6.88. The molecule has 0 unspecified atom stereocenters. The van der Waals surface area contributed by atoms with Gasteiger partial charge in [-0.3, -0.25) is 14.8 Å². The summed E-state index contributed by atoms with van der Waals surface area (Å²) in [4.78, 5) is 20.7. The van der Waals surface area contributed by atoms with Gasteiger partial charge in [0.25, 0.3) is 5.91 Å². The largest absolute Gasteiger partial charge is 0.379 e. The second-order valence-corrected chi connectivity index (χ2v) is 6.88. The Balaban J connectivity index is 1.45. The van der Waals surface area contributed by atoms with Gasteiger partial charge in [0.05, 0.1) is 35.4 Å². The van der Waals surface area contributed by atoms with Crippen molar-refractivity contribution in [2.45, 2.75) is 20.4 Å². The van der Waals surface area contributed by atoms with E-state index < -0.39 is 0 Å². The van der Waals surface area contributed by atoms with Crippen LogP contribution in [0.2, 0.25) is 0 Å². The van der Waals surface area contributed by atoms with Crippen LogP contribution in [0.5, 0.6) is 0 Å². The van der Waals surface area contributed by atoms with Gasteiger partial charge in [0.1, 0.15) is 5.82 Å². The van der Waals surface area contributed by atoms with Crippen LogP contribution in [0.25, 0.3) is 5.57 Å². The molecule has 2 heterocycles. The first kappa shape index (κ1) is 18.6. The van der Waals surface area contributed by atoms with E-state index in [2.05, 4.69) is 25.9 Å². The zero-order chi connectivity index (χ0) is 20.4. The van der Waals surface area contributed by atoms with Crippen molar-refractivity contribution in [1.29, 1.82) is 0 Å². The number of aryl methyl sites for hydroxylation is 2. The number of carbonyl (C=O) groups excluding carboxylic acids is 1. The summed E-state index contributed by atoms with van der Waals surface area (Å²) in [6, 6.07) is 10.1. The van der Waals surface area contributed by atoms with Gasteiger partial charge in [-0.25, -0.2) is 4.39 Å². The topological polar surface area (TPSA) is 78.9 Å². The molecule has 0 saturated carbocycles. The molecule has 3 N–H and O–H groups in total. The van der Waals surface area contributed by atoms with E-state index in [4.69, 9.17) is 0 Å². The maximum atomic E-state index is 13.3. The van der Waals surface area contributed by atoms with Crippen molar-refractivity contribution in [2.75, 3.05) is 16.0 Å². The zero-order valence-corrected chi connectivity index (χ0v) is 16.1. The summed E-state index contributed by atoms with van der Waals surface area (Å²) < 4.78 is 13.3. The van der Waals surface area contributed by atoms with Crippen molar-refractivity contribution < 1.29 is 9.18 Å². The maximum Gasteiger partial charge on any atom is 0.257 e. The standard InChI is InChI=1S/C22H20FN5O/c1-13-7-16(4-6-20(13)27-11-17-10-24-14(2)9-25-17)26-12-19-18-5-3-15(23)8-21(18)28-22(19)29/h3-10,12,26-27H,11H2,1-2H3,(H,28,29). The summed E-state index contributed by atoms with van der Waals surface area (Å²) in [6.07, 6.45) is 5.15. The number of nitrogens with zero attached hydrogens (tertiary/aromatic N) is 2. The van der Waals surface area contributed by atoms with Crippen LogP contribution in [-0.4, -0.2) is 15.9 Å². The number of benzene rings is 2. The SMILES string of the molecule is Cc1cnc(CNc2ccc(NC=C3C(=O)Nc4cc(F)ccc43)cc2C)cn1. The molecule has 1 aliphatic heterocycles. The summed E-state index contributed by atoms with van der Waals surface area (Å²) in [5, 5.41) is 9.18. The minimum Gasteiger partial charge on any atom is -0.379 e. The summed E-state index contributed by atoms with van der Waals surface area (Å²) in [5.41, 5.74) is 6.27. The van der Waals surface area contributed by atoms with Gasteiger partial charge in [-0.1, -0.05) is 0 Å². The summed E-state index contributed by atoms with van der Waals surface area (Å²) in [6.45, 7) is 4.49. The number of nitrogens with one attached hydrogen (secondary N) is 3. The molecular weight excluding hydrogens is 369 g/mol. The fourth-order valence-corrected chi connectivity index (χ4v) is 3.11. The Morgan fingerprint density at radius 3 is 2.72 bits per heavy atom. The second kappa shape index (κ2) is 7.71. The molecule has 3 aromatic rings. The summed E-state index contributed by atoms with van der Waals surface area (Å²) in [7, 11) is 0. The monoisotopic (exact) mass is 389 g/mol. The van der Waals surface area contributed by atoms with Crippen molar-refractivity contribution in [2.24, 2.45) is 0 Å². The number of hydrogen-bond acceptors (Lipinski definition) is 5. The van der Waals surface area contributed by atoms with E-state index in [-0.39, 0.29) is 11.7 Å². The highest BCUT2D eigenvalue weighted by Crippen LogP contribution is 2.32. The molecular formula is C22H20FN5O. The molecule has 1 amide bonds. The van der Waals surface area contributed by atoms with Gasteiger partial charge in [0.2, 0.25) is 0 Å². The number of halogens is 1. The summed E-state index contributed by atoms with van der Waals surface area (Å²) in [5.74, 6) is -0.638. The van der Waals surface area contributed by atoms with Crippen LogP contribution in [0.15, 0.2) is 55.0 Å². The van der Waals surface area contributed by atoms with E-state index in [1.807, 2.05) is 32.0 Å². The Kier molecular flexibility index (Phi) is 4.95. The van der Waals surface area contributed by atoms with Crippen molar-refractivity contribution in [3.8, 4) is 0 Å². The number of fused-ring (bicyclic) bond motifs is 1. The van der Waals surface area contributed by atoms with E-state index in [0.29, 0.717) is 23.4 Å². The van der Waals surface area contributed by atoms with Gasteiger partial charge in [-0.05, 0) is 55.8 Å². The summed E-state index contributed by atoms with van der Waals surface area (Å²) >= 11 is 0. The average molecular weight is 389 g/mol. The Hall–Kier alpha value is -3.74. The highest BCUT2D eigenvalue weighted by atomic mass is 19.1. The molecule has 146 valence electrons. The maximum absolute atomic E-state index is 13.3. The smallest absolute Gasteiger partial charge is 0.257 e. The van der Waals surface area contributed by atoms with E-state index >= 15 is 0 Å². The molecule has 0 fully saturated rings. The molecule has 4 rings (SSSR count). The van der Waals surface area contributed by atoms with E-state index in [1.54, 1.807) is 24.7 Å². The van der Waals surface area contributed by atoms with E-state index in [9.17, 15) is 9.18 Å². The van der Waals surface area contributed by atoms with E-state index in [0.717, 1.165) is 28.3 Å². The van der Waals surface area contributed by atoms with Crippen molar-refractivity contribution in [1.82, 2.24) is 9.97 Å². The molecule has 0 saturated heterocycles. The third-order valence-electron chi connectivity index (χ3n) is 4.67. The quantitative estimate of drug-likeness (QED) is 0.569. The van der Waals surface area contributed by atoms with Gasteiger partial charge < -0.3 is 16.0 Å². The average Bonchev–Trinajstić information content (AvgIpc) is 3.01. The molecule has 0 bridgehead atoms. The van der Waals surface area contributed by atoms with Crippen molar-refractivity contribution >= 4 is 28.5 Å². The van der Waals surface area contributed by atoms with E-state index in [1.165, 1.54) is 12.1 Å². The van der Waals surface area contributed by atoms with Gasteiger partial charge in [0, 0.05) is 29.3 Å². The lowest BCUT2D eigenvalue weighted by Crippen LogP contribution is -2.06. The predicted molar refractivity (Wildman–Crippen MR) is 112 cm³/mol. The van der Waals surface area contributed by atoms with Gasteiger partial charge in [0.15, 0.2) is 0 Å². The number of amides is 1. The van der Waals surface area contributed by atoms with Gasteiger partial charge in [-0.2, -0.15) is 0 Å². The van der Waals surface area contributed by atoms with Gasteiger partial charge in [-0.15, -0.1) is 0 Å². The molecule has 0 atom stereocenters. The molecule has 2 aromatic carbocycles. The normalized spacial score (nSPS) is 13.9. The lowest BCUT2D eigenvalue weighted by molar-refractivity contribution is -0.110. The lowest BCUT2D eigenvalue weighted by atomic mass is 10.1. The fraction of sp³-hybridized carbons (Fsp3) is 0.136. The molecule has 1 aliphatic rings. The Morgan fingerprint density at radius 1 is 1.10 bits per heavy atom. The number of carbonyl (C=O) groups is 1. The van der Waals surface area contributed by atoms with Crippen LogP contribution in [0, 0.1) is 19.7 Å². The van der Waals surface area contributed by atoms with Crippen LogP contribution < -0.4 is 16.0 Å².